The van der Waals surface area contributed by atoms with Crippen LogP contribution in [0.3, 0.4) is 0 Å². The van der Waals surface area contributed by atoms with E-state index in [1.165, 1.54) is 24.3 Å². The van der Waals surface area contributed by atoms with Crippen molar-refractivity contribution >= 4 is 28.4 Å². The molecule has 0 radical (unpaired) electrons. The molecule has 0 aliphatic carbocycles. The molecule has 1 aliphatic rings. The molecule has 8 heteroatoms. The monoisotopic (exact) mass is 376 g/mol. The van der Waals surface area contributed by atoms with E-state index in [4.69, 9.17) is 10.5 Å². The van der Waals surface area contributed by atoms with Gasteiger partial charge in [0.15, 0.2) is 0 Å². The van der Waals surface area contributed by atoms with Crippen LogP contribution in [0.25, 0.3) is 0 Å². The van der Waals surface area contributed by atoms with Gasteiger partial charge < -0.3 is 10.5 Å². The third-order valence-electron chi connectivity index (χ3n) is 4.05. The summed E-state index contributed by atoms with van der Waals surface area (Å²) in [7, 11) is -3.56. The Morgan fingerprint density at radius 3 is 2.54 bits per heavy atom. The van der Waals surface area contributed by atoms with Crippen molar-refractivity contribution < 1.29 is 17.9 Å². The summed E-state index contributed by atoms with van der Waals surface area (Å²) in [5.41, 5.74) is 5.96. The molecule has 1 aromatic carbocycles. The quantitative estimate of drug-likeness (QED) is 0.768. The van der Waals surface area contributed by atoms with E-state index in [9.17, 15) is 13.2 Å². The van der Waals surface area contributed by atoms with Crippen molar-refractivity contribution in [2.24, 2.45) is 5.73 Å². The molecule has 24 heavy (non-hydrogen) atoms. The second kappa shape index (κ2) is 9.36. The Labute approximate surface area is 149 Å². The molecule has 1 saturated heterocycles. The van der Waals surface area contributed by atoms with E-state index < -0.39 is 16.0 Å². The van der Waals surface area contributed by atoms with Gasteiger partial charge in [-0.2, -0.15) is 4.31 Å². The van der Waals surface area contributed by atoms with Crippen LogP contribution in [0.5, 0.6) is 0 Å². The zero-order chi connectivity index (χ0) is 16.9. The Morgan fingerprint density at radius 1 is 1.29 bits per heavy atom. The summed E-state index contributed by atoms with van der Waals surface area (Å²) in [6.45, 7) is 3.00. The van der Waals surface area contributed by atoms with Crippen LogP contribution in [0, 0.1) is 0 Å². The molecule has 6 nitrogen and oxygen atoms in total. The lowest BCUT2D eigenvalue weighted by atomic mass is 10.0. The molecule has 1 aromatic rings. The highest BCUT2D eigenvalue weighted by atomic mass is 35.5. The van der Waals surface area contributed by atoms with Crippen LogP contribution in [0.15, 0.2) is 29.2 Å². The van der Waals surface area contributed by atoms with Crippen molar-refractivity contribution in [1.82, 2.24) is 4.31 Å². The Bertz CT molecular complexity index is 632. The first-order valence-electron chi connectivity index (χ1n) is 7.99. The molecule has 0 spiro atoms. The van der Waals surface area contributed by atoms with Crippen LogP contribution in [0.4, 0.5) is 0 Å². The van der Waals surface area contributed by atoms with Gasteiger partial charge in [0, 0.05) is 12.6 Å². The Hall–Kier alpha value is -1.15. The minimum Gasteiger partial charge on any atom is -0.462 e. The number of carbonyl (C=O) groups excluding carboxylic acids is 1. The smallest absolute Gasteiger partial charge is 0.338 e. The van der Waals surface area contributed by atoms with Crippen molar-refractivity contribution in [3.05, 3.63) is 29.8 Å². The maximum Gasteiger partial charge on any atom is 0.338 e. The van der Waals surface area contributed by atoms with E-state index in [1.54, 1.807) is 11.2 Å². The number of sulfonamides is 1. The summed E-state index contributed by atoms with van der Waals surface area (Å²) >= 11 is 0. The predicted octanol–water partition coefficient (Wildman–Crippen LogP) is 2.18. The van der Waals surface area contributed by atoms with Gasteiger partial charge in [0.1, 0.15) is 0 Å². The van der Waals surface area contributed by atoms with Crippen molar-refractivity contribution in [1.29, 1.82) is 0 Å². The van der Waals surface area contributed by atoms with E-state index in [0.29, 0.717) is 25.1 Å². The fourth-order valence-electron chi connectivity index (χ4n) is 2.88. The van der Waals surface area contributed by atoms with Gasteiger partial charge in [-0.15, -0.1) is 12.4 Å². The van der Waals surface area contributed by atoms with Crippen molar-refractivity contribution in [3.8, 4) is 0 Å². The van der Waals surface area contributed by atoms with Crippen LogP contribution in [-0.2, 0) is 14.8 Å². The van der Waals surface area contributed by atoms with Gasteiger partial charge in [0.25, 0.3) is 0 Å². The summed E-state index contributed by atoms with van der Waals surface area (Å²) < 4.78 is 32.2. The standard InChI is InChI=1S/C16H24N2O4S.ClH/c1-2-22-16(19)13-6-8-15(9-7-13)23(20,21)18-12-4-3-5-14(18)10-11-17;/h6-9,14H,2-5,10-12,17H2,1H3;1H. The summed E-state index contributed by atoms with van der Waals surface area (Å²) in [6, 6.07) is 5.88. The second-order valence-electron chi connectivity index (χ2n) is 5.59. The number of halogens is 1. The maximum absolute atomic E-state index is 12.8. The van der Waals surface area contributed by atoms with Gasteiger partial charge >= 0.3 is 5.97 Å². The number of esters is 1. The lowest BCUT2D eigenvalue weighted by Gasteiger charge is -2.34. The zero-order valence-corrected chi connectivity index (χ0v) is 15.4. The topological polar surface area (TPSA) is 89.7 Å². The van der Waals surface area contributed by atoms with Gasteiger partial charge in [0.05, 0.1) is 17.1 Å². The molecule has 1 fully saturated rings. The Kier molecular flexibility index (Phi) is 8.15. The normalized spacial score (nSPS) is 18.7. The van der Waals surface area contributed by atoms with Gasteiger partial charge in [-0.1, -0.05) is 6.42 Å². The Balaban J connectivity index is 0.00000288. The van der Waals surface area contributed by atoms with Crippen molar-refractivity contribution in [2.75, 3.05) is 19.7 Å². The maximum atomic E-state index is 12.8. The van der Waals surface area contributed by atoms with Crippen LogP contribution in [0.2, 0.25) is 0 Å². The highest BCUT2D eigenvalue weighted by Gasteiger charge is 2.32. The minimum absolute atomic E-state index is 0. The molecular weight excluding hydrogens is 352 g/mol. The molecule has 0 saturated carbocycles. The zero-order valence-electron chi connectivity index (χ0n) is 13.8. The van der Waals surface area contributed by atoms with E-state index in [1.807, 2.05) is 0 Å². The summed E-state index contributed by atoms with van der Waals surface area (Å²) in [4.78, 5) is 11.9. The number of benzene rings is 1. The van der Waals surface area contributed by atoms with Gasteiger partial charge in [-0.25, -0.2) is 13.2 Å². The molecule has 0 bridgehead atoms. The molecule has 2 N–H and O–H groups in total. The molecule has 2 rings (SSSR count). The summed E-state index contributed by atoms with van der Waals surface area (Å²) in [5.74, 6) is -0.449. The minimum atomic E-state index is -3.56. The SMILES string of the molecule is CCOC(=O)c1ccc(S(=O)(=O)N2CCCCC2CCN)cc1.Cl. The first-order chi connectivity index (χ1) is 11.0. The number of hydrogen-bond donors (Lipinski definition) is 1. The fraction of sp³-hybridized carbons (Fsp3) is 0.562. The number of ether oxygens (including phenoxy) is 1. The number of nitrogens with two attached hydrogens (primary N) is 1. The number of nitrogens with zero attached hydrogens (tertiary/aromatic N) is 1. The molecule has 1 aliphatic heterocycles. The van der Waals surface area contributed by atoms with Crippen LogP contribution in [-0.4, -0.2) is 44.4 Å². The van der Waals surface area contributed by atoms with E-state index in [0.717, 1.165) is 19.3 Å². The third kappa shape index (κ3) is 4.69. The number of rotatable bonds is 6. The van der Waals surface area contributed by atoms with Gasteiger partial charge in [0.2, 0.25) is 10.0 Å². The number of hydrogen-bond acceptors (Lipinski definition) is 5. The second-order valence-corrected chi connectivity index (χ2v) is 7.48. The van der Waals surface area contributed by atoms with Gasteiger partial charge in [-0.05, 0) is 57.0 Å². The van der Waals surface area contributed by atoms with Gasteiger partial charge in [-0.3, -0.25) is 0 Å². The molecule has 136 valence electrons. The van der Waals surface area contributed by atoms with Crippen LogP contribution >= 0.6 is 12.4 Å². The molecule has 0 aromatic heterocycles. The first-order valence-corrected chi connectivity index (χ1v) is 9.43. The van der Waals surface area contributed by atoms with E-state index >= 15 is 0 Å². The molecule has 1 unspecified atom stereocenters. The average molecular weight is 377 g/mol. The molecule has 0 amide bonds. The first kappa shape index (κ1) is 20.9. The van der Waals surface area contributed by atoms with Crippen molar-refractivity contribution in [3.63, 3.8) is 0 Å². The largest absolute Gasteiger partial charge is 0.462 e. The van der Waals surface area contributed by atoms with E-state index in [-0.39, 0.29) is 30.0 Å². The van der Waals surface area contributed by atoms with E-state index in [2.05, 4.69) is 0 Å². The predicted molar refractivity (Wildman–Crippen MR) is 94.8 cm³/mol. The van der Waals surface area contributed by atoms with Crippen molar-refractivity contribution in [2.45, 2.75) is 43.5 Å². The molecule has 1 atom stereocenters. The highest BCUT2D eigenvalue weighted by molar-refractivity contribution is 7.89. The van der Waals surface area contributed by atoms with Crippen LogP contribution in [0.1, 0.15) is 43.0 Å². The summed E-state index contributed by atoms with van der Waals surface area (Å²) in [6.07, 6.45) is 3.40. The highest BCUT2D eigenvalue weighted by Crippen LogP contribution is 2.27. The fourth-order valence-corrected chi connectivity index (χ4v) is 4.61. The number of carbonyl (C=O) groups is 1. The lowest BCUT2D eigenvalue weighted by molar-refractivity contribution is 0.0526. The summed E-state index contributed by atoms with van der Waals surface area (Å²) in [5, 5.41) is 0. The van der Waals surface area contributed by atoms with Crippen LogP contribution < -0.4 is 5.73 Å². The molecular formula is C16H25ClN2O4S. The average Bonchev–Trinajstić information content (AvgIpc) is 2.56. The lowest BCUT2D eigenvalue weighted by Crippen LogP contribution is -2.44. The third-order valence-corrected chi connectivity index (χ3v) is 6.01. The number of piperidine rings is 1. The molecule has 1 heterocycles. The Morgan fingerprint density at radius 2 is 1.96 bits per heavy atom.